The molecule has 2 aromatic carbocycles. The molecule has 5 heteroatoms. The lowest BCUT2D eigenvalue weighted by Crippen LogP contribution is -2.26. The van der Waals surface area contributed by atoms with Gasteiger partial charge in [0, 0.05) is 34.6 Å². The molecule has 3 heterocycles. The Morgan fingerprint density at radius 1 is 1.06 bits per heavy atom. The molecule has 2 aliphatic rings. The fraction of sp³-hybridized carbons (Fsp3) is 0.379. The predicted molar refractivity (Wildman–Crippen MR) is 136 cm³/mol. The lowest BCUT2D eigenvalue weighted by Gasteiger charge is -2.19. The van der Waals surface area contributed by atoms with Crippen LogP contribution in [-0.2, 0) is 17.9 Å². The van der Waals surface area contributed by atoms with Crippen LogP contribution >= 0.6 is 0 Å². The molecule has 0 atom stereocenters. The maximum atomic E-state index is 13.1. The molecule has 0 radical (unpaired) electrons. The molecule has 0 saturated heterocycles. The largest absolute Gasteiger partial charge is 0.361 e. The third-order valence-corrected chi connectivity index (χ3v) is 7.83. The Bertz CT molecular complexity index is 1350. The number of aryl methyl sites for hydroxylation is 2. The zero-order chi connectivity index (χ0) is 23.2. The van der Waals surface area contributed by atoms with Gasteiger partial charge in [-0.1, -0.05) is 49.9 Å². The van der Waals surface area contributed by atoms with Crippen LogP contribution in [0.15, 0.2) is 48.7 Å². The molecular formula is C29H32N4O. The number of benzene rings is 2. The first-order chi connectivity index (χ1) is 16.6. The van der Waals surface area contributed by atoms with Crippen molar-refractivity contribution in [3.05, 3.63) is 71.0 Å². The fourth-order valence-electron chi connectivity index (χ4n) is 5.98. The first-order valence-corrected chi connectivity index (χ1v) is 12.6. The average molecular weight is 453 g/mol. The van der Waals surface area contributed by atoms with Crippen molar-refractivity contribution in [2.24, 2.45) is 5.92 Å². The predicted octanol–water partition coefficient (Wildman–Crippen LogP) is 6.45. The topological polar surface area (TPSA) is 53.9 Å². The zero-order valence-corrected chi connectivity index (χ0v) is 20.1. The van der Waals surface area contributed by atoms with E-state index in [4.69, 9.17) is 5.10 Å². The van der Waals surface area contributed by atoms with Crippen molar-refractivity contribution in [3.8, 4) is 16.9 Å². The van der Waals surface area contributed by atoms with Gasteiger partial charge in [0.2, 0.25) is 5.91 Å². The first kappa shape index (κ1) is 21.2. The van der Waals surface area contributed by atoms with E-state index in [0.29, 0.717) is 19.5 Å². The van der Waals surface area contributed by atoms with Crippen LogP contribution in [0.5, 0.6) is 0 Å². The van der Waals surface area contributed by atoms with Gasteiger partial charge in [0.1, 0.15) is 0 Å². The van der Waals surface area contributed by atoms with E-state index < -0.39 is 0 Å². The quantitative estimate of drug-likeness (QED) is 0.378. The van der Waals surface area contributed by atoms with Crippen LogP contribution in [-0.4, -0.2) is 25.6 Å². The molecule has 0 unspecified atom stereocenters. The molecule has 1 amide bonds. The van der Waals surface area contributed by atoms with Gasteiger partial charge < -0.3 is 9.88 Å². The molecule has 0 bridgehead atoms. The summed E-state index contributed by atoms with van der Waals surface area (Å²) in [4.78, 5) is 18.4. The van der Waals surface area contributed by atoms with E-state index in [1.807, 2.05) is 11.1 Å². The van der Waals surface area contributed by atoms with Crippen LogP contribution < -0.4 is 0 Å². The van der Waals surface area contributed by atoms with Gasteiger partial charge in [-0.25, -0.2) is 4.68 Å². The summed E-state index contributed by atoms with van der Waals surface area (Å²) in [5, 5.41) is 6.30. The molecule has 1 N–H and O–H groups in total. The number of carbonyl (C=O) groups excluding carboxylic acids is 1. The van der Waals surface area contributed by atoms with Gasteiger partial charge in [-0.05, 0) is 55.5 Å². The maximum absolute atomic E-state index is 13.1. The molecule has 6 rings (SSSR count). The number of amides is 1. The van der Waals surface area contributed by atoms with Gasteiger partial charge in [0.05, 0.1) is 30.2 Å². The second-order valence-corrected chi connectivity index (χ2v) is 10.1. The Morgan fingerprint density at radius 3 is 2.65 bits per heavy atom. The van der Waals surface area contributed by atoms with Crippen LogP contribution in [0.1, 0.15) is 60.9 Å². The molecular weight excluding hydrogens is 420 g/mol. The molecule has 5 nitrogen and oxygen atoms in total. The second-order valence-electron chi connectivity index (χ2n) is 10.1. The number of hydrogen-bond donors (Lipinski definition) is 1. The van der Waals surface area contributed by atoms with Crippen molar-refractivity contribution in [1.82, 2.24) is 19.7 Å². The van der Waals surface area contributed by atoms with Crippen LogP contribution in [0.3, 0.4) is 0 Å². The summed E-state index contributed by atoms with van der Waals surface area (Å²) >= 11 is 0. The van der Waals surface area contributed by atoms with E-state index in [1.165, 1.54) is 47.8 Å². The van der Waals surface area contributed by atoms with Crippen LogP contribution in [0.4, 0.5) is 0 Å². The number of hydrogen-bond acceptors (Lipinski definition) is 2. The molecule has 0 spiro atoms. The highest BCUT2D eigenvalue weighted by atomic mass is 16.2. The van der Waals surface area contributed by atoms with Crippen molar-refractivity contribution >= 4 is 16.8 Å². The Labute approximate surface area is 200 Å². The van der Waals surface area contributed by atoms with Crippen LogP contribution in [0.25, 0.3) is 27.8 Å². The smallest absolute Gasteiger partial charge is 0.223 e. The summed E-state index contributed by atoms with van der Waals surface area (Å²) < 4.78 is 2.13. The number of fused-ring (bicyclic) bond motifs is 2. The Kier molecular flexibility index (Phi) is 5.28. The number of nitrogens with zero attached hydrogens (tertiary/aromatic N) is 3. The highest BCUT2D eigenvalue weighted by molar-refractivity contribution is 5.86. The van der Waals surface area contributed by atoms with Crippen LogP contribution in [0.2, 0.25) is 0 Å². The number of nitrogens with one attached hydrogen (secondary N) is 1. The molecule has 4 aromatic rings. The monoisotopic (exact) mass is 452 g/mol. The summed E-state index contributed by atoms with van der Waals surface area (Å²) in [5.74, 6) is 1.02. The second kappa shape index (κ2) is 8.46. The summed E-state index contributed by atoms with van der Waals surface area (Å²) in [5.41, 5.74) is 9.14. The molecule has 2 aromatic heterocycles. The van der Waals surface area contributed by atoms with Crippen molar-refractivity contribution < 1.29 is 4.79 Å². The standard InChI is InChI=1S/C29H32N4O/c1-19-6-5-7-20(2)28(19)33-29(23-11-12-25-22(16-23)14-15-30-25)24-17-32(18-26(24)31-33)27(34)13-10-21-8-3-4-9-21/h5-7,11-12,14-16,21,30H,3-4,8-10,13,17-18H2,1-2H3. The highest BCUT2D eigenvalue weighted by Crippen LogP contribution is 2.37. The SMILES string of the molecule is Cc1cccc(C)c1-n1nc2c(c1-c1ccc3[nH]ccc3c1)CN(C(=O)CCC1CCCC1)C2. The highest BCUT2D eigenvalue weighted by Gasteiger charge is 2.32. The van der Waals surface area contributed by atoms with Crippen molar-refractivity contribution in [2.75, 3.05) is 0 Å². The third kappa shape index (κ3) is 3.64. The van der Waals surface area contributed by atoms with E-state index in [9.17, 15) is 4.79 Å². The fourth-order valence-corrected chi connectivity index (χ4v) is 5.98. The molecule has 1 aliphatic heterocycles. The van der Waals surface area contributed by atoms with Gasteiger partial charge in [-0.3, -0.25) is 4.79 Å². The van der Waals surface area contributed by atoms with Gasteiger partial charge >= 0.3 is 0 Å². The van der Waals surface area contributed by atoms with Crippen molar-refractivity contribution in [1.29, 1.82) is 0 Å². The first-order valence-electron chi connectivity index (χ1n) is 12.6. The normalized spacial score (nSPS) is 16.0. The zero-order valence-electron chi connectivity index (χ0n) is 20.1. The summed E-state index contributed by atoms with van der Waals surface area (Å²) in [6, 6.07) is 15.0. The van der Waals surface area contributed by atoms with E-state index >= 15 is 0 Å². The maximum Gasteiger partial charge on any atom is 0.223 e. The molecule has 174 valence electrons. The minimum absolute atomic E-state index is 0.274. The number of para-hydroxylation sites is 1. The van der Waals surface area contributed by atoms with Gasteiger partial charge in [0.25, 0.3) is 0 Å². The Balaban J connectivity index is 1.38. The number of aromatic amines is 1. The minimum atomic E-state index is 0.274. The lowest BCUT2D eigenvalue weighted by atomic mass is 10.0. The third-order valence-electron chi connectivity index (χ3n) is 7.83. The van der Waals surface area contributed by atoms with Gasteiger partial charge in [-0.2, -0.15) is 5.10 Å². The van der Waals surface area contributed by atoms with Gasteiger partial charge in [-0.15, -0.1) is 0 Å². The van der Waals surface area contributed by atoms with E-state index in [-0.39, 0.29) is 5.91 Å². The molecule has 34 heavy (non-hydrogen) atoms. The minimum Gasteiger partial charge on any atom is -0.361 e. The van der Waals surface area contributed by atoms with Crippen molar-refractivity contribution in [3.63, 3.8) is 0 Å². The van der Waals surface area contributed by atoms with E-state index in [1.54, 1.807) is 0 Å². The van der Waals surface area contributed by atoms with E-state index in [2.05, 4.69) is 66.0 Å². The number of carbonyl (C=O) groups is 1. The van der Waals surface area contributed by atoms with Gasteiger partial charge in [0.15, 0.2) is 0 Å². The average Bonchev–Trinajstić information content (AvgIpc) is 3.61. The number of aromatic nitrogens is 3. The number of H-pyrrole nitrogens is 1. The van der Waals surface area contributed by atoms with Crippen LogP contribution in [0, 0.1) is 19.8 Å². The lowest BCUT2D eigenvalue weighted by molar-refractivity contribution is -0.132. The Morgan fingerprint density at radius 2 is 1.85 bits per heavy atom. The summed E-state index contributed by atoms with van der Waals surface area (Å²) in [6.07, 6.45) is 8.92. The molecule has 1 saturated carbocycles. The van der Waals surface area contributed by atoms with E-state index in [0.717, 1.165) is 40.5 Å². The number of rotatable bonds is 5. The Hall–Kier alpha value is -3.34. The summed E-state index contributed by atoms with van der Waals surface area (Å²) in [7, 11) is 0. The molecule has 1 aliphatic carbocycles. The van der Waals surface area contributed by atoms with Crippen molar-refractivity contribution in [2.45, 2.75) is 65.5 Å². The molecule has 1 fully saturated rings. The summed E-state index contributed by atoms with van der Waals surface area (Å²) in [6.45, 7) is 5.54.